The zero-order valence-electron chi connectivity index (χ0n) is 13.9. The van der Waals surface area contributed by atoms with Gasteiger partial charge in [-0.1, -0.05) is 29.8 Å². The fraction of sp³-hybridized carbons (Fsp3) is 0.150. The molecule has 0 saturated carbocycles. The van der Waals surface area contributed by atoms with Crippen LogP contribution in [-0.2, 0) is 11.2 Å². The van der Waals surface area contributed by atoms with E-state index in [-0.39, 0.29) is 5.91 Å². The highest BCUT2D eigenvalue weighted by atomic mass is 35.5. The molecular formula is C20H19ClN2O2. The molecule has 3 rings (SSSR count). The van der Waals surface area contributed by atoms with Crippen LogP contribution >= 0.6 is 11.6 Å². The molecule has 0 spiro atoms. The second kappa shape index (κ2) is 7.90. The number of carbonyl (C=O) groups is 1. The molecule has 0 radical (unpaired) electrons. The van der Waals surface area contributed by atoms with Crippen LogP contribution in [0.5, 0.6) is 5.75 Å². The second-order valence-corrected chi connectivity index (χ2v) is 6.03. The fourth-order valence-electron chi connectivity index (χ4n) is 2.65. The van der Waals surface area contributed by atoms with Crippen LogP contribution in [0.1, 0.15) is 11.1 Å². The number of rotatable bonds is 6. The molecule has 0 bridgehead atoms. The molecule has 0 aliphatic carbocycles. The minimum atomic E-state index is -0.141. The quantitative estimate of drug-likeness (QED) is 0.652. The Morgan fingerprint density at radius 1 is 1.28 bits per heavy atom. The number of halogens is 1. The molecule has 3 aromatic rings. The normalized spacial score (nSPS) is 11.1. The first-order chi connectivity index (χ1) is 12.2. The van der Waals surface area contributed by atoms with Gasteiger partial charge in [0.2, 0.25) is 5.91 Å². The molecule has 25 heavy (non-hydrogen) atoms. The van der Waals surface area contributed by atoms with Crippen LogP contribution in [0.15, 0.2) is 54.7 Å². The molecule has 0 fully saturated rings. The maximum absolute atomic E-state index is 12.0. The average Bonchev–Trinajstić information content (AvgIpc) is 3.03. The number of H-pyrrole nitrogens is 1. The SMILES string of the molecule is COc1ccc2[nH]cc(CCNC(=O)/C=C/c3ccccc3Cl)c2c1. The summed E-state index contributed by atoms with van der Waals surface area (Å²) in [7, 11) is 1.65. The number of fused-ring (bicyclic) bond motifs is 1. The van der Waals surface area contributed by atoms with Crippen molar-refractivity contribution >= 4 is 34.5 Å². The largest absolute Gasteiger partial charge is 0.497 e. The van der Waals surface area contributed by atoms with Crippen LogP contribution in [0.4, 0.5) is 0 Å². The van der Waals surface area contributed by atoms with Crippen LogP contribution in [0, 0.1) is 0 Å². The van der Waals surface area contributed by atoms with Gasteiger partial charge in [0.15, 0.2) is 0 Å². The Labute approximate surface area is 151 Å². The van der Waals surface area contributed by atoms with Gasteiger partial charge in [-0.15, -0.1) is 0 Å². The van der Waals surface area contributed by atoms with E-state index in [1.165, 1.54) is 6.08 Å². The van der Waals surface area contributed by atoms with E-state index in [0.717, 1.165) is 34.2 Å². The third-order valence-electron chi connectivity index (χ3n) is 3.99. The van der Waals surface area contributed by atoms with Gasteiger partial charge < -0.3 is 15.0 Å². The molecule has 5 heteroatoms. The third-order valence-corrected chi connectivity index (χ3v) is 4.33. The standard InChI is InChI=1S/C20H19ClN2O2/c1-25-16-7-8-19-17(12-16)15(13-23-19)10-11-22-20(24)9-6-14-4-2-3-5-18(14)21/h2-9,12-13,23H,10-11H2,1H3,(H,22,24)/b9-6+. The van der Waals surface area contributed by atoms with Crippen molar-refractivity contribution < 1.29 is 9.53 Å². The molecule has 1 amide bonds. The summed E-state index contributed by atoms with van der Waals surface area (Å²) in [4.78, 5) is 15.2. The van der Waals surface area contributed by atoms with Crippen LogP contribution < -0.4 is 10.1 Å². The summed E-state index contributed by atoms with van der Waals surface area (Å²) in [6, 6.07) is 13.3. The Morgan fingerprint density at radius 3 is 2.92 bits per heavy atom. The van der Waals surface area contributed by atoms with E-state index in [0.29, 0.717) is 11.6 Å². The summed E-state index contributed by atoms with van der Waals surface area (Å²) in [6.45, 7) is 0.551. The molecule has 2 N–H and O–H groups in total. The predicted molar refractivity (Wildman–Crippen MR) is 102 cm³/mol. The highest BCUT2D eigenvalue weighted by Gasteiger charge is 2.05. The van der Waals surface area contributed by atoms with Gasteiger partial charge in [0.05, 0.1) is 7.11 Å². The molecule has 0 aliphatic rings. The molecule has 1 heterocycles. The number of amides is 1. The lowest BCUT2D eigenvalue weighted by molar-refractivity contribution is -0.116. The monoisotopic (exact) mass is 354 g/mol. The van der Waals surface area contributed by atoms with Gasteiger partial charge in [0.25, 0.3) is 0 Å². The lowest BCUT2D eigenvalue weighted by Crippen LogP contribution is -2.23. The van der Waals surface area contributed by atoms with E-state index < -0.39 is 0 Å². The zero-order chi connectivity index (χ0) is 17.6. The van der Waals surface area contributed by atoms with Crippen molar-refractivity contribution in [1.29, 1.82) is 0 Å². The van der Waals surface area contributed by atoms with Crippen LogP contribution in [0.25, 0.3) is 17.0 Å². The van der Waals surface area contributed by atoms with E-state index >= 15 is 0 Å². The lowest BCUT2D eigenvalue weighted by atomic mass is 10.1. The minimum Gasteiger partial charge on any atom is -0.497 e. The lowest BCUT2D eigenvalue weighted by Gasteiger charge is -2.03. The molecule has 0 atom stereocenters. The van der Waals surface area contributed by atoms with Gasteiger partial charge >= 0.3 is 0 Å². The first-order valence-corrected chi connectivity index (χ1v) is 8.39. The molecule has 0 saturated heterocycles. The smallest absolute Gasteiger partial charge is 0.244 e. The average molecular weight is 355 g/mol. The first-order valence-electron chi connectivity index (χ1n) is 8.02. The number of ether oxygens (including phenoxy) is 1. The van der Waals surface area contributed by atoms with Gasteiger partial charge in [-0.25, -0.2) is 0 Å². The van der Waals surface area contributed by atoms with Crippen molar-refractivity contribution in [3.63, 3.8) is 0 Å². The summed E-state index contributed by atoms with van der Waals surface area (Å²) < 4.78 is 5.27. The highest BCUT2D eigenvalue weighted by molar-refractivity contribution is 6.32. The van der Waals surface area contributed by atoms with Gasteiger partial charge in [0, 0.05) is 34.7 Å². The molecule has 128 valence electrons. The number of benzene rings is 2. The Kier molecular flexibility index (Phi) is 5.41. The van der Waals surface area contributed by atoms with Crippen molar-refractivity contribution in [2.75, 3.05) is 13.7 Å². The van der Waals surface area contributed by atoms with Gasteiger partial charge in [-0.2, -0.15) is 0 Å². The van der Waals surface area contributed by atoms with Crippen LogP contribution in [-0.4, -0.2) is 24.5 Å². The summed E-state index contributed by atoms with van der Waals surface area (Å²) in [5.41, 5.74) is 3.02. The number of carbonyl (C=O) groups excluding carboxylic acids is 1. The topological polar surface area (TPSA) is 54.1 Å². The third kappa shape index (κ3) is 4.22. The molecule has 1 aromatic heterocycles. The van der Waals surface area contributed by atoms with Crippen molar-refractivity contribution in [2.24, 2.45) is 0 Å². The maximum atomic E-state index is 12.0. The van der Waals surface area contributed by atoms with E-state index in [4.69, 9.17) is 16.3 Å². The fourth-order valence-corrected chi connectivity index (χ4v) is 2.85. The molecule has 2 aromatic carbocycles. The summed E-state index contributed by atoms with van der Waals surface area (Å²) in [5, 5.41) is 4.63. The number of methoxy groups -OCH3 is 1. The summed E-state index contributed by atoms with van der Waals surface area (Å²) >= 11 is 6.06. The molecule has 0 unspecified atom stereocenters. The van der Waals surface area contributed by atoms with Gasteiger partial charge in [-0.3, -0.25) is 4.79 Å². The predicted octanol–water partition coefficient (Wildman–Crippen LogP) is 4.20. The van der Waals surface area contributed by atoms with E-state index in [2.05, 4.69) is 10.3 Å². The van der Waals surface area contributed by atoms with Gasteiger partial charge in [-0.05, 0) is 47.9 Å². The van der Waals surface area contributed by atoms with Crippen molar-refractivity contribution in [2.45, 2.75) is 6.42 Å². The zero-order valence-corrected chi connectivity index (χ0v) is 14.6. The van der Waals surface area contributed by atoms with Gasteiger partial charge in [0.1, 0.15) is 5.75 Å². The Morgan fingerprint density at radius 2 is 2.12 bits per heavy atom. The van der Waals surface area contributed by atoms with Crippen LogP contribution in [0.3, 0.4) is 0 Å². The van der Waals surface area contributed by atoms with E-state index in [1.54, 1.807) is 19.3 Å². The maximum Gasteiger partial charge on any atom is 0.244 e. The Balaban J connectivity index is 1.58. The summed E-state index contributed by atoms with van der Waals surface area (Å²) in [5.74, 6) is 0.678. The minimum absolute atomic E-state index is 0.141. The Bertz CT molecular complexity index is 915. The molecule has 0 aliphatic heterocycles. The van der Waals surface area contributed by atoms with Crippen molar-refractivity contribution in [1.82, 2.24) is 10.3 Å². The second-order valence-electron chi connectivity index (χ2n) is 5.62. The Hall–Kier alpha value is -2.72. The summed E-state index contributed by atoms with van der Waals surface area (Å²) in [6.07, 6.45) is 5.92. The number of nitrogens with one attached hydrogen (secondary N) is 2. The highest BCUT2D eigenvalue weighted by Crippen LogP contribution is 2.23. The number of hydrogen-bond donors (Lipinski definition) is 2. The van der Waals surface area contributed by atoms with E-state index in [9.17, 15) is 4.79 Å². The number of aromatic amines is 1. The first kappa shape index (κ1) is 17.1. The van der Waals surface area contributed by atoms with Crippen molar-refractivity contribution in [3.8, 4) is 5.75 Å². The number of hydrogen-bond acceptors (Lipinski definition) is 2. The van der Waals surface area contributed by atoms with Crippen molar-refractivity contribution in [3.05, 3.63) is 70.9 Å². The molecular weight excluding hydrogens is 336 g/mol. The number of aromatic nitrogens is 1. The van der Waals surface area contributed by atoms with E-state index in [1.807, 2.05) is 42.6 Å². The van der Waals surface area contributed by atoms with Crippen LogP contribution in [0.2, 0.25) is 5.02 Å². The molecule has 4 nitrogen and oxygen atoms in total.